The van der Waals surface area contributed by atoms with Gasteiger partial charge in [0.15, 0.2) is 0 Å². The van der Waals surface area contributed by atoms with Crippen LogP contribution in [0.5, 0.6) is 5.75 Å². The molecule has 108 valence electrons. The first-order valence-electron chi connectivity index (χ1n) is 5.61. The summed E-state index contributed by atoms with van der Waals surface area (Å²) in [5.74, 6) is -0.282. The molecule has 1 aromatic carbocycles. The maximum Gasteiger partial charge on any atom is 0.274 e. The molecule has 2 aromatic rings. The van der Waals surface area contributed by atoms with Gasteiger partial charge in [0, 0.05) is 6.20 Å². The number of amides is 1. The first kappa shape index (κ1) is 16.2. The zero-order valence-corrected chi connectivity index (χ0v) is 14.8. The number of halogens is 3. The SMILES string of the molecule is O=C(N/N=C/c1cc(Br)c(O)c(I)c1)c1cccnc1Cl. The Balaban J connectivity index is 2.10. The summed E-state index contributed by atoms with van der Waals surface area (Å²) in [4.78, 5) is 15.7. The molecule has 0 saturated heterocycles. The van der Waals surface area contributed by atoms with E-state index in [9.17, 15) is 9.90 Å². The van der Waals surface area contributed by atoms with E-state index in [1.165, 1.54) is 12.4 Å². The van der Waals surface area contributed by atoms with Gasteiger partial charge in [0.2, 0.25) is 0 Å². The highest BCUT2D eigenvalue weighted by molar-refractivity contribution is 14.1. The number of phenolic OH excluding ortho intramolecular Hbond substituents is 1. The quantitative estimate of drug-likeness (QED) is 0.305. The van der Waals surface area contributed by atoms with Crippen LogP contribution in [0.1, 0.15) is 15.9 Å². The van der Waals surface area contributed by atoms with Crippen LogP contribution < -0.4 is 5.43 Å². The van der Waals surface area contributed by atoms with Gasteiger partial charge in [-0.25, -0.2) is 10.4 Å². The number of nitrogens with zero attached hydrogens (tertiary/aromatic N) is 2. The number of nitrogens with one attached hydrogen (secondary N) is 1. The lowest BCUT2D eigenvalue weighted by molar-refractivity contribution is 0.0955. The van der Waals surface area contributed by atoms with E-state index >= 15 is 0 Å². The molecular formula is C13H8BrClIN3O2. The number of benzene rings is 1. The summed E-state index contributed by atoms with van der Waals surface area (Å²) in [6.45, 7) is 0. The van der Waals surface area contributed by atoms with Gasteiger partial charge < -0.3 is 5.11 Å². The summed E-state index contributed by atoms with van der Waals surface area (Å²) < 4.78 is 1.22. The molecule has 21 heavy (non-hydrogen) atoms. The van der Waals surface area contributed by atoms with Gasteiger partial charge >= 0.3 is 0 Å². The lowest BCUT2D eigenvalue weighted by Crippen LogP contribution is -2.18. The van der Waals surface area contributed by atoms with Gasteiger partial charge in [0.25, 0.3) is 5.91 Å². The van der Waals surface area contributed by atoms with Gasteiger partial charge in [-0.3, -0.25) is 4.79 Å². The van der Waals surface area contributed by atoms with E-state index < -0.39 is 5.91 Å². The van der Waals surface area contributed by atoms with Crippen LogP contribution in [0, 0.1) is 3.57 Å². The summed E-state index contributed by atoms with van der Waals surface area (Å²) in [5.41, 5.74) is 3.34. The van der Waals surface area contributed by atoms with E-state index in [1.54, 1.807) is 24.3 Å². The molecule has 0 unspecified atom stereocenters. The molecule has 0 saturated carbocycles. The highest BCUT2D eigenvalue weighted by Crippen LogP contribution is 2.29. The van der Waals surface area contributed by atoms with Crippen LogP contribution in [0.25, 0.3) is 0 Å². The molecule has 0 atom stereocenters. The minimum Gasteiger partial charge on any atom is -0.506 e. The first-order chi connectivity index (χ1) is 9.99. The largest absolute Gasteiger partial charge is 0.506 e. The van der Waals surface area contributed by atoms with E-state index in [0.29, 0.717) is 8.04 Å². The Kier molecular flexibility index (Phi) is 5.54. The summed E-state index contributed by atoms with van der Waals surface area (Å²) >= 11 is 11.0. The van der Waals surface area contributed by atoms with Gasteiger partial charge in [0.1, 0.15) is 10.9 Å². The van der Waals surface area contributed by atoms with Gasteiger partial charge in [-0.1, -0.05) is 11.6 Å². The zero-order valence-electron chi connectivity index (χ0n) is 10.3. The second kappa shape index (κ2) is 7.19. The fourth-order valence-corrected chi connectivity index (χ4v) is 3.14. The van der Waals surface area contributed by atoms with Gasteiger partial charge in [-0.15, -0.1) is 0 Å². The molecule has 0 aliphatic carbocycles. The minimum atomic E-state index is -0.447. The lowest BCUT2D eigenvalue weighted by atomic mass is 10.2. The molecule has 5 nitrogen and oxygen atoms in total. The molecule has 0 radical (unpaired) electrons. The smallest absolute Gasteiger partial charge is 0.274 e. The van der Waals surface area contributed by atoms with Crippen molar-refractivity contribution in [2.24, 2.45) is 5.10 Å². The molecular weight excluding hydrogens is 472 g/mol. The summed E-state index contributed by atoms with van der Waals surface area (Å²) in [6, 6.07) is 6.59. The first-order valence-corrected chi connectivity index (χ1v) is 7.86. The third-order valence-corrected chi connectivity index (χ3v) is 4.15. The maximum absolute atomic E-state index is 11.8. The second-order valence-corrected chi connectivity index (χ2v) is 6.25. The van der Waals surface area contributed by atoms with Crippen molar-refractivity contribution in [1.29, 1.82) is 0 Å². The Morgan fingerprint density at radius 2 is 2.29 bits per heavy atom. The third kappa shape index (κ3) is 4.14. The van der Waals surface area contributed by atoms with E-state index in [4.69, 9.17) is 11.6 Å². The molecule has 1 heterocycles. The van der Waals surface area contributed by atoms with E-state index in [-0.39, 0.29) is 16.5 Å². The summed E-state index contributed by atoms with van der Waals surface area (Å²) in [6.07, 6.45) is 2.97. The van der Waals surface area contributed by atoms with Crippen molar-refractivity contribution < 1.29 is 9.90 Å². The number of hydrazone groups is 1. The molecule has 2 N–H and O–H groups in total. The predicted octanol–water partition coefficient (Wildman–Crippen LogP) is 3.57. The summed E-state index contributed by atoms with van der Waals surface area (Å²) in [5, 5.41) is 13.6. The number of phenols is 1. The fourth-order valence-electron chi connectivity index (χ4n) is 1.44. The van der Waals surface area contributed by atoms with Crippen molar-refractivity contribution in [1.82, 2.24) is 10.4 Å². The number of aromatic hydroxyl groups is 1. The lowest BCUT2D eigenvalue weighted by Gasteiger charge is -2.03. The topological polar surface area (TPSA) is 74.6 Å². The molecule has 0 aliphatic heterocycles. The number of pyridine rings is 1. The molecule has 0 bridgehead atoms. The van der Waals surface area contributed by atoms with Crippen LogP contribution in [0.2, 0.25) is 5.15 Å². The highest BCUT2D eigenvalue weighted by atomic mass is 127. The van der Waals surface area contributed by atoms with Crippen LogP contribution in [0.4, 0.5) is 0 Å². The van der Waals surface area contributed by atoms with Gasteiger partial charge in [-0.05, 0) is 68.3 Å². The van der Waals surface area contributed by atoms with Gasteiger partial charge in [0.05, 0.1) is 19.8 Å². The van der Waals surface area contributed by atoms with Crippen LogP contribution in [-0.2, 0) is 0 Å². The van der Waals surface area contributed by atoms with Crippen LogP contribution >= 0.6 is 50.1 Å². The van der Waals surface area contributed by atoms with Crippen molar-refractivity contribution in [3.63, 3.8) is 0 Å². The number of carbonyl (C=O) groups is 1. The average Bonchev–Trinajstić information content (AvgIpc) is 2.45. The third-order valence-electron chi connectivity index (χ3n) is 2.42. The average molecular weight is 480 g/mol. The Morgan fingerprint density at radius 1 is 1.52 bits per heavy atom. The highest BCUT2D eigenvalue weighted by Gasteiger charge is 2.09. The van der Waals surface area contributed by atoms with E-state index in [0.717, 1.165) is 5.56 Å². The molecule has 0 aliphatic rings. The Labute approximate surface area is 147 Å². The fraction of sp³-hybridized carbons (Fsp3) is 0. The van der Waals surface area contributed by atoms with Crippen molar-refractivity contribution in [3.05, 3.63) is 54.8 Å². The zero-order chi connectivity index (χ0) is 15.4. The predicted molar refractivity (Wildman–Crippen MR) is 92.8 cm³/mol. The molecule has 0 spiro atoms. The van der Waals surface area contributed by atoms with Crippen molar-refractivity contribution in [2.45, 2.75) is 0 Å². The van der Waals surface area contributed by atoms with E-state index in [2.05, 4.69) is 31.4 Å². The van der Waals surface area contributed by atoms with Crippen molar-refractivity contribution in [2.75, 3.05) is 0 Å². The van der Waals surface area contributed by atoms with Crippen molar-refractivity contribution in [3.8, 4) is 5.75 Å². The number of rotatable bonds is 3. The minimum absolute atomic E-state index is 0.118. The van der Waals surface area contributed by atoms with Gasteiger partial charge in [-0.2, -0.15) is 5.10 Å². The standard InChI is InChI=1S/C13H8BrClIN3O2/c14-9-4-7(5-10(16)11(9)20)6-18-19-13(21)8-2-1-3-17-12(8)15/h1-6,20H,(H,19,21)/b18-6+. The van der Waals surface area contributed by atoms with Crippen LogP contribution in [0.3, 0.4) is 0 Å². The molecule has 1 amide bonds. The Morgan fingerprint density at radius 3 is 2.95 bits per heavy atom. The monoisotopic (exact) mass is 479 g/mol. The number of hydrogen-bond acceptors (Lipinski definition) is 4. The number of aromatic nitrogens is 1. The molecule has 8 heteroatoms. The normalized spacial score (nSPS) is 10.8. The van der Waals surface area contributed by atoms with Crippen molar-refractivity contribution >= 4 is 62.2 Å². The number of hydrogen-bond donors (Lipinski definition) is 2. The van der Waals surface area contributed by atoms with Crippen LogP contribution in [0.15, 0.2) is 40.0 Å². The maximum atomic E-state index is 11.8. The second-order valence-electron chi connectivity index (χ2n) is 3.87. The van der Waals surface area contributed by atoms with Crippen LogP contribution in [-0.4, -0.2) is 22.2 Å². The molecule has 2 rings (SSSR count). The van der Waals surface area contributed by atoms with E-state index in [1.807, 2.05) is 22.6 Å². The molecule has 0 fully saturated rings. The number of carbonyl (C=O) groups excluding carboxylic acids is 1. The molecule has 1 aromatic heterocycles. The summed E-state index contributed by atoms with van der Waals surface area (Å²) in [7, 11) is 0. The Bertz CT molecular complexity index is 701. The Hall–Kier alpha value is -1.19.